The van der Waals surface area contributed by atoms with Crippen LogP contribution in [0.3, 0.4) is 0 Å². The molecular weight excluding hydrogens is 352 g/mol. The average Bonchev–Trinajstić information content (AvgIpc) is 2.97. The molecule has 0 saturated carbocycles. The second-order valence-corrected chi connectivity index (χ2v) is 10.1. The van der Waals surface area contributed by atoms with Crippen LogP contribution in [0.5, 0.6) is 5.75 Å². The summed E-state index contributed by atoms with van der Waals surface area (Å²) in [5.41, 5.74) is 3.45. The van der Waals surface area contributed by atoms with Crippen molar-refractivity contribution in [3.63, 3.8) is 0 Å². The lowest BCUT2D eigenvalue weighted by Crippen LogP contribution is -2.26. The lowest BCUT2D eigenvalue weighted by Gasteiger charge is -2.32. The summed E-state index contributed by atoms with van der Waals surface area (Å²) < 4.78 is 0. The van der Waals surface area contributed by atoms with Crippen molar-refractivity contribution in [2.24, 2.45) is 5.41 Å². The van der Waals surface area contributed by atoms with Crippen LogP contribution in [0.2, 0.25) is 0 Å². The number of phenolic OH excluding ortho intramolecular Hbond substituents is 1. The highest BCUT2D eigenvalue weighted by Gasteiger charge is 2.33. The second kappa shape index (κ2) is 8.36. The maximum Gasteiger partial charge on any atom is 0.118 e. The van der Waals surface area contributed by atoms with Crippen LogP contribution in [-0.4, -0.2) is 16.3 Å². The van der Waals surface area contributed by atoms with Crippen molar-refractivity contribution < 1.29 is 10.2 Å². The van der Waals surface area contributed by atoms with Gasteiger partial charge in [-0.2, -0.15) is 0 Å². The summed E-state index contributed by atoms with van der Waals surface area (Å²) in [5.74, 6) is 0.360. The maximum absolute atomic E-state index is 10.4. The SMILES string of the molecule is CCC(CC)(c1ccc(O)c(C)c1)c1cc(C)c(CCC(O)C(C)(C)C)s1. The predicted molar refractivity (Wildman–Crippen MR) is 117 cm³/mol. The summed E-state index contributed by atoms with van der Waals surface area (Å²) >= 11 is 1.90. The van der Waals surface area contributed by atoms with Crippen molar-refractivity contribution in [2.45, 2.75) is 85.7 Å². The van der Waals surface area contributed by atoms with E-state index in [1.807, 2.05) is 24.3 Å². The van der Waals surface area contributed by atoms with Gasteiger partial charge >= 0.3 is 0 Å². The van der Waals surface area contributed by atoms with E-state index in [4.69, 9.17) is 0 Å². The predicted octanol–water partition coefficient (Wildman–Crippen LogP) is 6.52. The molecule has 2 rings (SSSR count). The summed E-state index contributed by atoms with van der Waals surface area (Å²) in [7, 11) is 0. The van der Waals surface area contributed by atoms with Crippen molar-refractivity contribution in [3.05, 3.63) is 50.7 Å². The minimum Gasteiger partial charge on any atom is -0.508 e. The first-order valence-corrected chi connectivity index (χ1v) is 10.9. The minimum atomic E-state index is -0.288. The minimum absolute atomic E-state index is 0.0191. The Morgan fingerprint density at radius 3 is 2.15 bits per heavy atom. The first kappa shape index (κ1) is 22.0. The van der Waals surface area contributed by atoms with Gasteiger partial charge in [0.25, 0.3) is 0 Å². The molecule has 3 heteroatoms. The number of benzene rings is 1. The van der Waals surface area contributed by atoms with Gasteiger partial charge in [0.05, 0.1) is 6.10 Å². The Bertz CT molecular complexity index is 763. The molecule has 2 aromatic rings. The molecule has 0 radical (unpaired) electrons. The third-order valence-corrected chi connectivity index (χ3v) is 7.59. The molecule has 1 unspecified atom stereocenters. The summed E-state index contributed by atoms with van der Waals surface area (Å²) in [4.78, 5) is 2.78. The van der Waals surface area contributed by atoms with Gasteiger partial charge in [-0.25, -0.2) is 0 Å². The van der Waals surface area contributed by atoms with E-state index in [1.54, 1.807) is 0 Å². The van der Waals surface area contributed by atoms with Gasteiger partial charge in [-0.15, -0.1) is 11.3 Å². The molecule has 1 atom stereocenters. The Kier molecular flexibility index (Phi) is 6.81. The van der Waals surface area contributed by atoms with E-state index in [0.717, 1.165) is 31.2 Å². The van der Waals surface area contributed by atoms with E-state index in [0.29, 0.717) is 5.75 Å². The highest BCUT2D eigenvalue weighted by atomic mass is 32.1. The molecule has 1 aromatic heterocycles. The van der Waals surface area contributed by atoms with Crippen molar-refractivity contribution in [2.75, 3.05) is 0 Å². The average molecular weight is 389 g/mol. The van der Waals surface area contributed by atoms with Crippen LogP contribution in [0, 0.1) is 19.3 Å². The van der Waals surface area contributed by atoms with Crippen LogP contribution in [0.4, 0.5) is 0 Å². The summed E-state index contributed by atoms with van der Waals surface area (Å²) in [6.45, 7) is 14.9. The number of hydrogen-bond donors (Lipinski definition) is 2. The number of phenols is 1. The van der Waals surface area contributed by atoms with Gasteiger partial charge in [0.15, 0.2) is 0 Å². The van der Waals surface area contributed by atoms with Crippen LogP contribution in [-0.2, 0) is 11.8 Å². The number of aryl methyl sites for hydroxylation is 3. The van der Waals surface area contributed by atoms with Crippen LogP contribution < -0.4 is 0 Å². The topological polar surface area (TPSA) is 40.5 Å². The molecule has 0 aliphatic heterocycles. The monoisotopic (exact) mass is 388 g/mol. The number of rotatable bonds is 7. The van der Waals surface area contributed by atoms with Gasteiger partial charge in [-0.1, -0.05) is 46.8 Å². The second-order valence-electron chi connectivity index (χ2n) is 8.93. The Labute approximate surface area is 169 Å². The Hall–Kier alpha value is -1.32. The first-order valence-electron chi connectivity index (χ1n) is 10.1. The molecule has 0 spiro atoms. The van der Waals surface area contributed by atoms with Crippen molar-refractivity contribution in [1.82, 2.24) is 0 Å². The third kappa shape index (κ3) is 4.57. The Morgan fingerprint density at radius 1 is 1.00 bits per heavy atom. The quantitative estimate of drug-likeness (QED) is 0.567. The molecule has 0 aliphatic carbocycles. The van der Waals surface area contributed by atoms with E-state index in [1.165, 1.54) is 20.9 Å². The largest absolute Gasteiger partial charge is 0.508 e. The maximum atomic E-state index is 10.4. The van der Waals surface area contributed by atoms with Gasteiger partial charge in [-0.3, -0.25) is 0 Å². The van der Waals surface area contributed by atoms with E-state index in [2.05, 4.69) is 59.7 Å². The molecule has 150 valence electrons. The van der Waals surface area contributed by atoms with Gasteiger partial charge in [0.2, 0.25) is 0 Å². The van der Waals surface area contributed by atoms with Crippen molar-refractivity contribution in [1.29, 1.82) is 0 Å². The third-order valence-electron chi connectivity index (χ3n) is 6.09. The molecule has 0 saturated heterocycles. The molecule has 27 heavy (non-hydrogen) atoms. The van der Waals surface area contributed by atoms with Gasteiger partial charge < -0.3 is 10.2 Å². The van der Waals surface area contributed by atoms with Gasteiger partial charge in [0, 0.05) is 15.2 Å². The van der Waals surface area contributed by atoms with E-state index in [9.17, 15) is 10.2 Å². The Morgan fingerprint density at radius 2 is 1.63 bits per heavy atom. The lowest BCUT2D eigenvalue weighted by molar-refractivity contribution is 0.0561. The zero-order valence-corrected chi connectivity index (χ0v) is 18.8. The molecule has 0 bridgehead atoms. The van der Waals surface area contributed by atoms with Crippen LogP contribution in [0.1, 0.15) is 80.3 Å². The fraction of sp³-hybridized carbons (Fsp3) is 0.583. The molecule has 0 amide bonds. The Balaban J connectivity index is 2.37. The first-order chi connectivity index (χ1) is 12.5. The fourth-order valence-corrected chi connectivity index (χ4v) is 5.35. The van der Waals surface area contributed by atoms with Crippen molar-refractivity contribution in [3.8, 4) is 5.75 Å². The van der Waals surface area contributed by atoms with E-state index >= 15 is 0 Å². The fourth-order valence-electron chi connectivity index (χ4n) is 3.81. The van der Waals surface area contributed by atoms with Crippen LogP contribution in [0.25, 0.3) is 0 Å². The molecule has 0 fully saturated rings. The zero-order chi connectivity index (χ0) is 20.4. The zero-order valence-electron chi connectivity index (χ0n) is 18.0. The number of aromatic hydroxyl groups is 1. The van der Waals surface area contributed by atoms with Crippen LogP contribution in [0.15, 0.2) is 24.3 Å². The number of thiophene rings is 1. The number of hydrogen-bond acceptors (Lipinski definition) is 3. The van der Waals surface area contributed by atoms with Crippen molar-refractivity contribution >= 4 is 11.3 Å². The normalized spacial score (nSPS) is 13.8. The molecular formula is C24H36O2S. The highest BCUT2D eigenvalue weighted by molar-refractivity contribution is 7.12. The smallest absolute Gasteiger partial charge is 0.118 e. The molecule has 2 nitrogen and oxygen atoms in total. The summed E-state index contributed by atoms with van der Waals surface area (Å²) in [6, 6.07) is 8.39. The molecule has 1 heterocycles. The lowest BCUT2D eigenvalue weighted by atomic mass is 9.74. The highest BCUT2D eigenvalue weighted by Crippen LogP contribution is 2.44. The van der Waals surface area contributed by atoms with Crippen LogP contribution >= 0.6 is 11.3 Å². The molecule has 0 aliphatic rings. The number of aliphatic hydroxyl groups is 1. The van der Waals surface area contributed by atoms with E-state index < -0.39 is 0 Å². The summed E-state index contributed by atoms with van der Waals surface area (Å²) in [6.07, 6.45) is 3.49. The molecule has 2 N–H and O–H groups in total. The van der Waals surface area contributed by atoms with E-state index in [-0.39, 0.29) is 16.9 Å². The van der Waals surface area contributed by atoms with Gasteiger partial charge in [-0.05, 0) is 73.8 Å². The number of aliphatic hydroxyl groups excluding tert-OH is 1. The molecule has 1 aromatic carbocycles. The standard InChI is InChI=1S/C24H36O2S/c1-8-24(9-2,18-10-11-19(25)16(3)14-18)22-15-17(4)20(27-22)12-13-21(26)23(5,6)7/h10-11,14-15,21,25-26H,8-9,12-13H2,1-7H3. The summed E-state index contributed by atoms with van der Waals surface area (Å²) in [5, 5.41) is 20.4. The van der Waals surface area contributed by atoms with Gasteiger partial charge in [0.1, 0.15) is 5.75 Å².